The third-order valence-corrected chi connectivity index (χ3v) is 3.53. The highest BCUT2D eigenvalue weighted by Gasteiger charge is 2.18. The number of amides is 1. The SMILES string of the molecule is CCN(CC)CCNC(=O)c1cccc2c1OCCN2. The Kier molecular flexibility index (Phi) is 5.24. The average Bonchev–Trinajstić information content (AvgIpc) is 2.51. The molecule has 5 heteroatoms. The normalized spacial score (nSPS) is 13.3. The molecule has 0 saturated carbocycles. The van der Waals surface area contributed by atoms with Crippen LogP contribution in [0.5, 0.6) is 5.75 Å². The fourth-order valence-corrected chi connectivity index (χ4v) is 2.31. The highest BCUT2D eigenvalue weighted by Crippen LogP contribution is 2.30. The Morgan fingerprint density at radius 3 is 2.95 bits per heavy atom. The lowest BCUT2D eigenvalue weighted by Crippen LogP contribution is -2.35. The zero-order valence-electron chi connectivity index (χ0n) is 12.2. The summed E-state index contributed by atoms with van der Waals surface area (Å²) in [6.45, 7) is 9.14. The Bertz CT molecular complexity index is 458. The van der Waals surface area contributed by atoms with Gasteiger partial charge in [0.2, 0.25) is 0 Å². The third-order valence-electron chi connectivity index (χ3n) is 3.53. The minimum absolute atomic E-state index is 0.0716. The molecule has 1 aromatic rings. The molecule has 0 bridgehead atoms. The number of carbonyl (C=O) groups is 1. The van der Waals surface area contributed by atoms with Crippen LogP contribution in [0, 0.1) is 0 Å². The van der Waals surface area contributed by atoms with Gasteiger partial charge in [0.05, 0.1) is 11.3 Å². The number of benzene rings is 1. The summed E-state index contributed by atoms with van der Waals surface area (Å²) < 4.78 is 5.61. The number of likely N-dealkylation sites (N-methyl/N-ethyl adjacent to an activating group) is 1. The molecule has 0 radical (unpaired) electrons. The van der Waals surface area contributed by atoms with E-state index in [4.69, 9.17) is 4.74 Å². The quantitative estimate of drug-likeness (QED) is 0.828. The lowest BCUT2D eigenvalue weighted by atomic mass is 10.1. The van der Waals surface area contributed by atoms with Crippen LogP contribution in [0.25, 0.3) is 0 Å². The minimum Gasteiger partial charge on any atom is -0.489 e. The maximum atomic E-state index is 12.2. The van der Waals surface area contributed by atoms with Gasteiger partial charge in [0.1, 0.15) is 6.61 Å². The number of nitrogens with zero attached hydrogens (tertiary/aromatic N) is 1. The highest BCUT2D eigenvalue weighted by molar-refractivity contribution is 5.98. The van der Waals surface area contributed by atoms with E-state index in [0.717, 1.165) is 31.9 Å². The van der Waals surface area contributed by atoms with Crippen LogP contribution in [0.2, 0.25) is 0 Å². The second-order valence-electron chi connectivity index (χ2n) is 4.74. The summed E-state index contributed by atoms with van der Waals surface area (Å²) in [5, 5.41) is 6.20. The molecule has 1 aliphatic rings. The van der Waals surface area contributed by atoms with Crippen molar-refractivity contribution in [3.05, 3.63) is 23.8 Å². The van der Waals surface area contributed by atoms with Gasteiger partial charge in [-0.25, -0.2) is 0 Å². The summed E-state index contributed by atoms with van der Waals surface area (Å²) in [6, 6.07) is 5.61. The molecule has 0 atom stereocenters. The van der Waals surface area contributed by atoms with E-state index in [1.807, 2.05) is 12.1 Å². The zero-order valence-corrected chi connectivity index (χ0v) is 12.2. The summed E-state index contributed by atoms with van der Waals surface area (Å²) in [7, 11) is 0. The lowest BCUT2D eigenvalue weighted by Gasteiger charge is -2.22. The Balaban J connectivity index is 1.96. The Hall–Kier alpha value is -1.75. The molecular formula is C15H23N3O2. The van der Waals surface area contributed by atoms with E-state index in [9.17, 15) is 4.79 Å². The molecule has 20 heavy (non-hydrogen) atoms. The molecule has 0 unspecified atom stereocenters. The van der Waals surface area contributed by atoms with E-state index in [-0.39, 0.29) is 5.91 Å². The predicted molar refractivity (Wildman–Crippen MR) is 80.5 cm³/mol. The number of rotatable bonds is 6. The molecule has 5 nitrogen and oxygen atoms in total. The summed E-state index contributed by atoms with van der Waals surface area (Å²) in [5.74, 6) is 0.594. The van der Waals surface area contributed by atoms with Crippen LogP contribution < -0.4 is 15.4 Å². The number of nitrogens with one attached hydrogen (secondary N) is 2. The molecule has 0 aliphatic carbocycles. The molecule has 1 amide bonds. The fourth-order valence-electron chi connectivity index (χ4n) is 2.31. The Morgan fingerprint density at radius 2 is 2.20 bits per heavy atom. The van der Waals surface area contributed by atoms with Crippen molar-refractivity contribution >= 4 is 11.6 Å². The molecule has 1 aromatic carbocycles. The Morgan fingerprint density at radius 1 is 1.40 bits per heavy atom. The molecule has 0 saturated heterocycles. The van der Waals surface area contributed by atoms with Crippen molar-refractivity contribution in [1.29, 1.82) is 0 Å². The molecule has 2 N–H and O–H groups in total. The number of para-hydroxylation sites is 1. The van der Waals surface area contributed by atoms with Gasteiger partial charge in [0.15, 0.2) is 5.75 Å². The topological polar surface area (TPSA) is 53.6 Å². The highest BCUT2D eigenvalue weighted by atomic mass is 16.5. The monoisotopic (exact) mass is 277 g/mol. The second-order valence-corrected chi connectivity index (χ2v) is 4.74. The van der Waals surface area contributed by atoms with Crippen LogP contribution in [0.4, 0.5) is 5.69 Å². The minimum atomic E-state index is -0.0716. The molecular weight excluding hydrogens is 254 g/mol. The van der Waals surface area contributed by atoms with Gasteiger partial charge in [-0.1, -0.05) is 19.9 Å². The number of carbonyl (C=O) groups excluding carboxylic acids is 1. The maximum absolute atomic E-state index is 12.2. The summed E-state index contributed by atoms with van der Waals surface area (Å²) in [5.41, 5.74) is 1.50. The van der Waals surface area contributed by atoms with Gasteiger partial charge in [0, 0.05) is 19.6 Å². The predicted octanol–water partition coefficient (Wildman–Crippen LogP) is 1.56. The van der Waals surface area contributed by atoms with E-state index >= 15 is 0 Å². The van der Waals surface area contributed by atoms with E-state index in [1.54, 1.807) is 6.07 Å². The first-order chi connectivity index (χ1) is 9.76. The standard InChI is InChI=1S/C15H23N3O2/c1-3-18(4-2)10-8-17-15(19)12-6-5-7-13-14(12)20-11-9-16-13/h5-7,16H,3-4,8-11H2,1-2H3,(H,17,19). The number of hydrogen-bond donors (Lipinski definition) is 2. The first kappa shape index (κ1) is 14.7. The molecule has 1 aliphatic heterocycles. The van der Waals surface area contributed by atoms with E-state index in [1.165, 1.54) is 0 Å². The van der Waals surface area contributed by atoms with Crippen LogP contribution in [0.3, 0.4) is 0 Å². The van der Waals surface area contributed by atoms with E-state index < -0.39 is 0 Å². The van der Waals surface area contributed by atoms with Crippen molar-refractivity contribution in [3.63, 3.8) is 0 Å². The number of ether oxygens (including phenoxy) is 1. The van der Waals surface area contributed by atoms with Crippen molar-refractivity contribution < 1.29 is 9.53 Å². The van der Waals surface area contributed by atoms with Gasteiger partial charge < -0.3 is 20.3 Å². The first-order valence-corrected chi connectivity index (χ1v) is 7.26. The molecule has 1 heterocycles. The molecule has 110 valence electrons. The van der Waals surface area contributed by atoms with Crippen molar-refractivity contribution in [1.82, 2.24) is 10.2 Å². The van der Waals surface area contributed by atoms with Gasteiger partial charge in [-0.05, 0) is 25.2 Å². The van der Waals surface area contributed by atoms with Crippen LogP contribution in [0.15, 0.2) is 18.2 Å². The Labute approximate surface area is 120 Å². The fraction of sp³-hybridized carbons (Fsp3) is 0.533. The van der Waals surface area contributed by atoms with Gasteiger partial charge in [-0.15, -0.1) is 0 Å². The van der Waals surface area contributed by atoms with Gasteiger partial charge >= 0.3 is 0 Å². The molecule has 2 rings (SSSR count). The summed E-state index contributed by atoms with van der Waals surface area (Å²) in [4.78, 5) is 14.5. The lowest BCUT2D eigenvalue weighted by molar-refractivity contribution is 0.0945. The summed E-state index contributed by atoms with van der Waals surface area (Å²) >= 11 is 0. The molecule has 0 fully saturated rings. The van der Waals surface area contributed by atoms with Gasteiger partial charge in [-0.3, -0.25) is 4.79 Å². The third kappa shape index (κ3) is 3.42. The van der Waals surface area contributed by atoms with E-state index in [2.05, 4.69) is 29.4 Å². The van der Waals surface area contributed by atoms with Gasteiger partial charge in [0.25, 0.3) is 5.91 Å². The number of anilines is 1. The maximum Gasteiger partial charge on any atom is 0.255 e. The number of fused-ring (bicyclic) bond motifs is 1. The van der Waals surface area contributed by atoms with Crippen molar-refractivity contribution in [2.75, 3.05) is 44.6 Å². The molecule has 0 aromatic heterocycles. The summed E-state index contributed by atoms with van der Waals surface area (Å²) in [6.07, 6.45) is 0. The van der Waals surface area contributed by atoms with Crippen LogP contribution in [0.1, 0.15) is 24.2 Å². The van der Waals surface area contributed by atoms with Crippen LogP contribution in [-0.2, 0) is 0 Å². The largest absolute Gasteiger partial charge is 0.489 e. The first-order valence-electron chi connectivity index (χ1n) is 7.26. The van der Waals surface area contributed by atoms with Crippen LogP contribution >= 0.6 is 0 Å². The van der Waals surface area contributed by atoms with Crippen molar-refractivity contribution in [2.24, 2.45) is 0 Å². The second kappa shape index (κ2) is 7.14. The van der Waals surface area contributed by atoms with Crippen molar-refractivity contribution in [3.8, 4) is 5.75 Å². The molecule has 0 spiro atoms. The average molecular weight is 277 g/mol. The smallest absolute Gasteiger partial charge is 0.255 e. The van der Waals surface area contributed by atoms with E-state index in [0.29, 0.717) is 24.5 Å². The van der Waals surface area contributed by atoms with Crippen LogP contribution in [-0.4, -0.2) is 50.1 Å². The zero-order chi connectivity index (χ0) is 14.4. The van der Waals surface area contributed by atoms with Crippen molar-refractivity contribution in [2.45, 2.75) is 13.8 Å². The number of hydrogen-bond acceptors (Lipinski definition) is 4. The van der Waals surface area contributed by atoms with Gasteiger partial charge in [-0.2, -0.15) is 0 Å².